The number of fused-ring (bicyclic) bond motifs is 3. The van der Waals surface area contributed by atoms with Gasteiger partial charge in [-0.3, -0.25) is 4.79 Å². The maximum absolute atomic E-state index is 12.1. The van der Waals surface area contributed by atoms with Gasteiger partial charge in [0, 0.05) is 24.2 Å². The average molecular weight is 252 g/mol. The summed E-state index contributed by atoms with van der Waals surface area (Å²) in [5.41, 5.74) is -0.181. The quantitative estimate of drug-likeness (QED) is 0.780. The smallest absolute Gasteiger partial charge is 0.168 e. The lowest BCUT2D eigenvalue weighted by Gasteiger charge is -2.53. The number of ketones is 1. The molecule has 1 N–H and O–H groups in total. The normalized spacial score (nSPS) is 51.9. The van der Waals surface area contributed by atoms with E-state index in [1.807, 2.05) is 0 Å². The second-order valence-electron chi connectivity index (χ2n) is 6.66. The van der Waals surface area contributed by atoms with Crippen molar-refractivity contribution in [2.24, 2.45) is 17.3 Å². The minimum absolute atomic E-state index is 0.172. The van der Waals surface area contributed by atoms with Gasteiger partial charge in [0.1, 0.15) is 5.78 Å². The zero-order valence-electron chi connectivity index (χ0n) is 11.4. The first-order valence-electron chi connectivity index (χ1n) is 7.43. The van der Waals surface area contributed by atoms with E-state index in [9.17, 15) is 9.90 Å². The number of carbonyl (C=O) groups excluding carboxylic acids is 1. The summed E-state index contributed by atoms with van der Waals surface area (Å²) in [7, 11) is 0. The summed E-state index contributed by atoms with van der Waals surface area (Å²) in [6, 6.07) is 0. The molecule has 0 bridgehead atoms. The lowest BCUT2D eigenvalue weighted by Crippen LogP contribution is -2.57. The van der Waals surface area contributed by atoms with Gasteiger partial charge >= 0.3 is 0 Å². The van der Waals surface area contributed by atoms with E-state index in [0.29, 0.717) is 24.5 Å². The van der Waals surface area contributed by atoms with Crippen molar-refractivity contribution in [2.45, 2.75) is 70.7 Å². The van der Waals surface area contributed by atoms with Crippen LogP contribution in [0.25, 0.3) is 0 Å². The van der Waals surface area contributed by atoms with Gasteiger partial charge in [-0.15, -0.1) is 0 Å². The maximum atomic E-state index is 12.1. The van der Waals surface area contributed by atoms with Crippen LogP contribution in [0.2, 0.25) is 0 Å². The van der Waals surface area contributed by atoms with Crippen molar-refractivity contribution in [3.05, 3.63) is 0 Å². The molecule has 102 valence electrons. The Hall–Kier alpha value is -0.410. The number of Topliss-reactive ketones (excluding diaryl/α,β-unsaturated/α-hetero) is 1. The standard InChI is InChI=1S/C15H24O3/c1-3-10-4-5-12-11-6-7-13(16)14(11,2)8-9-15(12,17)18-10/h10-12,17H,3-9H2,1-2H3. The van der Waals surface area contributed by atoms with Crippen LogP contribution in [0.5, 0.6) is 0 Å². The number of aliphatic hydroxyl groups is 1. The molecule has 0 spiro atoms. The zero-order valence-corrected chi connectivity index (χ0v) is 11.4. The molecule has 1 aliphatic heterocycles. The first kappa shape index (κ1) is 12.6. The third kappa shape index (κ3) is 1.60. The SMILES string of the molecule is CCC1CCC2C3CCC(=O)C3(C)CCC2(O)O1. The molecule has 1 saturated heterocycles. The Kier molecular flexibility index (Phi) is 2.83. The largest absolute Gasteiger partial charge is 0.365 e. The van der Waals surface area contributed by atoms with Gasteiger partial charge in [-0.05, 0) is 38.0 Å². The minimum Gasteiger partial charge on any atom is -0.365 e. The Morgan fingerprint density at radius 3 is 2.78 bits per heavy atom. The summed E-state index contributed by atoms with van der Waals surface area (Å²) < 4.78 is 5.96. The summed E-state index contributed by atoms with van der Waals surface area (Å²) in [6.07, 6.45) is 6.29. The first-order valence-corrected chi connectivity index (χ1v) is 7.43. The predicted molar refractivity (Wildman–Crippen MR) is 67.9 cm³/mol. The molecule has 2 saturated carbocycles. The highest BCUT2D eigenvalue weighted by molar-refractivity contribution is 5.87. The van der Waals surface area contributed by atoms with Gasteiger partial charge in [-0.2, -0.15) is 0 Å². The molecule has 3 aliphatic rings. The number of hydrogen-bond donors (Lipinski definition) is 1. The Balaban J connectivity index is 1.87. The molecule has 2 aliphatic carbocycles. The molecule has 5 atom stereocenters. The highest BCUT2D eigenvalue weighted by atomic mass is 16.6. The Bertz CT molecular complexity index is 367. The Morgan fingerprint density at radius 1 is 1.28 bits per heavy atom. The first-order chi connectivity index (χ1) is 8.49. The molecule has 5 unspecified atom stereocenters. The Morgan fingerprint density at radius 2 is 2.06 bits per heavy atom. The summed E-state index contributed by atoms with van der Waals surface area (Å²) in [5.74, 6) is -0.0347. The van der Waals surface area contributed by atoms with E-state index in [4.69, 9.17) is 4.74 Å². The van der Waals surface area contributed by atoms with Gasteiger partial charge in [0.15, 0.2) is 5.79 Å². The Labute approximate surface area is 109 Å². The fourth-order valence-corrected chi connectivity index (χ4v) is 4.58. The van der Waals surface area contributed by atoms with Crippen molar-refractivity contribution in [3.8, 4) is 0 Å². The highest BCUT2D eigenvalue weighted by Gasteiger charge is 2.60. The molecule has 0 amide bonds. The summed E-state index contributed by atoms with van der Waals surface area (Å²) in [6.45, 7) is 4.22. The van der Waals surface area contributed by atoms with Crippen molar-refractivity contribution < 1.29 is 14.6 Å². The molecule has 3 nitrogen and oxygen atoms in total. The van der Waals surface area contributed by atoms with Crippen LogP contribution in [-0.4, -0.2) is 22.8 Å². The molecule has 18 heavy (non-hydrogen) atoms. The van der Waals surface area contributed by atoms with E-state index in [1.165, 1.54) is 0 Å². The van der Waals surface area contributed by atoms with E-state index in [0.717, 1.165) is 32.1 Å². The average Bonchev–Trinajstić information content (AvgIpc) is 2.65. The molecule has 3 fully saturated rings. The second-order valence-corrected chi connectivity index (χ2v) is 6.66. The van der Waals surface area contributed by atoms with Gasteiger partial charge in [0.25, 0.3) is 0 Å². The van der Waals surface area contributed by atoms with Gasteiger partial charge in [-0.1, -0.05) is 13.8 Å². The fourth-order valence-electron chi connectivity index (χ4n) is 4.58. The highest BCUT2D eigenvalue weighted by Crippen LogP contribution is 2.58. The van der Waals surface area contributed by atoms with Crippen LogP contribution in [0.15, 0.2) is 0 Å². The molecular formula is C15H24O3. The summed E-state index contributed by atoms with van der Waals surface area (Å²) in [4.78, 5) is 12.1. The van der Waals surface area contributed by atoms with Crippen LogP contribution in [0.4, 0.5) is 0 Å². The predicted octanol–water partition coefficient (Wildman–Crippen LogP) is 2.66. The number of ether oxygens (including phenoxy) is 1. The zero-order chi connectivity index (χ0) is 13.0. The van der Waals surface area contributed by atoms with Crippen LogP contribution >= 0.6 is 0 Å². The molecular weight excluding hydrogens is 228 g/mol. The number of hydrogen-bond acceptors (Lipinski definition) is 3. The van der Waals surface area contributed by atoms with Gasteiger partial charge in [0.2, 0.25) is 0 Å². The second kappa shape index (κ2) is 4.04. The van der Waals surface area contributed by atoms with Gasteiger partial charge < -0.3 is 9.84 Å². The van der Waals surface area contributed by atoms with E-state index in [1.54, 1.807) is 0 Å². The van der Waals surface area contributed by atoms with Crippen LogP contribution in [0.1, 0.15) is 58.8 Å². The van der Waals surface area contributed by atoms with E-state index in [-0.39, 0.29) is 17.4 Å². The number of carbonyl (C=O) groups is 1. The van der Waals surface area contributed by atoms with Crippen LogP contribution in [-0.2, 0) is 9.53 Å². The van der Waals surface area contributed by atoms with E-state index in [2.05, 4.69) is 13.8 Å². The summed E-state index contributed by atoms with van der Waals surface area (Å²) >= 11 is 0. The molecule has 0 aromatic carbocycles. The minimum atomic E-state index is -0.951. The third-order valence-corrected chi connectivity index (χ3v) is 5.83. The van der Waals surface area contributed by atoms with Gasteiger partial charge in [0.05, 0.1) is 6.10 Å². The molecule has 0 aromatic rings. The van der Waals surface area contributed by atoms with Crippen molar-refractivity contribution >= 4 is 5.78 Å². The van der Waals surface area contributed by atoms with Crippen molar-refractivity contribution in [3.63, 3.8) is 0 Å². The number of rotatable bonds is 1. The van der Waals surface area contributed by atoms with Crippen LogP contribution in [0, 0.1) is 17.3 Å². The molecule has 3 heteroatoms. The third-order valence-electron chi connectivity index (χ3n) is 5.83. The fraction of sp³-hybridized carbons (Fsp3) is 0.933. The van der Waals surface area contributed by atoms with Crippen LogP contribution < -0.4 is 0 Å². The van der Waals surface area contributed by atoms with Crippen molar-refractivity contribution in [1.29, 1.82) is 0 Å². The van der Waals surface area contributed by atoms with Crippen molar-refractivity contribution in [1.82, 2.24) is 0 Å². The van der Waals surface area contributed by atoms with E-state index >= 15 is 0 Å². The molecule has 0 radical (unpaired) electrons. The lowest BCUT2D eigenvalue weighted by molar-refractivity contribution is -0.314. The topological polar surface area (TPSA) is 46.5 Å². The monoisotopic (exact) mass is 252 g/mol. The maximum Gasteiger partial charge on any atom is 0.168 e. The van der Waals surface area contributed by atoms with E-state index < -0.39 is 5.79 Å². The van der Waals surface area contributed by atoms with Crippen molar-refractivity contribution in [2.75, 3.05) is 0 Å². The molecule has 3 rings (SSSR count). The lowest BCUT2D eigenvalue weighted by atomic mass is 9.59. The van der Waals surface area contributed by atoms with Gasteiger partial charge in [-0.25, -0.2) is 0 Å². The molecule has 0 aromatic heterocycles. The summed E-state index contributed by atoms with van der Waals surface area (Å²) in [5, 5.41) is 10.8. The molecule has 1 heterocycles. The van der Waals surface area contributed by atoms with Crippen LogP contribution in [0.3, 0.4) is 0 Å².